The standard InChI is InChI=1S/C25H31N3O3S/c1-3-19-7-10-22-23(17-19)32-25(26-22)28(12-4-11-27-13-15-31-16-14-27)24(29)18-20-5-8-21(30-2)9-6-20/h5-10,17H,3-4,11-16,18H2,1-2H3. The first-order valence-electron chi connectivity index (χ1n) is 11.3. The predicted molar refractivity (Wildman–Crippen MR) is 130 cm³/mol. The number of rotatable bonds is 9. The molecule has 2 heterocycles. The molecule has 0 spiro atoms. The first kappa shape index (κ1) is 22.7. The van der Waals surface area contributed by atoms with E-state index in [1.165, 1.54) is 5.56 Å². The van der Waals surface area contributed by atoms with Gasteiger partial charge in [0.1, 0.15) is 5.75 Å². The summed E-state index contributed by atoms with van der Waals surface area (Å²) in [7, 11) is 1.65. The number of fused-ring (bicyclic) bond motifs is 1. The van der Waals surface area contributed by atoms with E-state index in [1.807, 2.05) is 29.2 Å². The van der Waals surface area contributed by atoms with Crippen molar-refractivity contribution in [2.45, 2.75) is 26.2 Å². The molecule has 1 aliphatic rings. The lowest BCUT2D eigenvalue weighted by molar-refractivity contribution is -0.118. The van der Waals surface area contributed by atoms with E-state index in [0.29, 0.717) is 13.0 Å². The predicted octanol–water partition coefficient (Wildman–Crippen LogP) is 4.17. The molecule has 6 nitrogen and oxygen atoms in total. The van der Waals surface area contributed by atoms with E-state index in [2.05, 4.69) is 30.0 Å². The lowest BCUT2D eigenvalue weighted by Crippen LogP contribution is -2.39. The number of carbonyl (C=O) groups excluding carboxylic acids is 1. The highest BCUT2D eigenvalue weighted by Crippen LogP contribution is 2.30. The lowest BCUT2D eigenvalue weighted by atomic mass is 10.1. The number of anilines is 1. The summed E-state index contributed by atoms with van der Waals surface area (Å²) in [6, 6.07) is 14.1. The first-order chi connectivity index (χ1) is 15.7. The second-order valence-electron chi connectivity index (χ2n) is 8.03. The summed E-state index contributed by atoms with van der Waals surface area (Å²) in [5.41, 5.74) is 3.22. The van der Waals surface area contributed by atoms with Crippen LogP contribution in [0.2, 0.25) is 0 Å². The van der Waals surface area contributed by atoms with Crippen molar-refractivity contribution < 1.29 is 14.3 Å². The van der Waals surface area contributed by atoms with Crippen molar-refractivity contribution >= 4 is 32.6 Å². The Balaban J connectivity index is 1.51. The maximum atomic E-state index is 13.4. The minimum Gasteiger partial charge on any atom is -0.497 e. The molecule has 0 aliphatic carbocycles. The summed E-state index contributed by atoms with van der Waals surface area (Å²) in [5, 5.41) is 0.786. The van der Waals surface area contributed by atoms with Gasteiger partial charge in [-0.3, -0.25) is 14.6 Å². The number of morpholine rings is 1. The number of nitrogens with zero attached hydrogens (tertiary/aromatic N) is 3. The van der Waals surface area contributed by atoms with Crippen molar-refractivity contribution in [1.82, 2.24) is 9.88 Å². The van der Waals surface area contributed by atoms with E-state index in [4.69, 9.17) is 14.5 Å². The lowest BCUT2D eigenvalue weighted by Gasteiger charge is -2.27. The molecular formula is C25H31N3O3S. The van der Waals surface area contributed by atoms with Crippen LogP contribution in [0.1, 0.15) is 24.5 Å². The number of aryl methyl sites for hydroxylation is 1. The summed E-state index contributed by atoms with van der Waals surface area (Å²) in [6.07, 6.45) is 2.24. The molecule has 3 aromatic rings. The molecule has 1 aromatic heterocycles. The Hall–Kier alpha value is -2.48. The molecule has 32 heavy (non-hydrogen) atoms. The summed E-state index contributed by atoms with van der Waals surface area (Å²) >= 11 is 1.61. The second-order valence-corrected chi connectivity index (χ2v) is 9.04. The normalized spacial score (nSPS) is 14.6. The van der Waals surface area contributed by atoms with Crippen LogP contribution in [0.5, 0.6) is 5.75 Å². The number of benzene rings is 2. The van der Waals surface area contributed by atoms with Crippen LogP contribution in [-0.2, 0) is 22.4 Å². The molecule has 1 fully saturated rings. The van der Waals surface area contributed by atoms with Crippen LogP contribution in [-0.4, -0.2) is 62.3 Å². The molecule has 7 heteroatoms. The molecule has 0 bridgehead atoms. The van der Waals surface area contributed by atoms with Crippen molar-refractivity contribution in [2.75, 3.05) is 51.4 Å². The van der Waals surface area contributed by atoms with E-state index in [9.17, 15) is 4.79 Å². The van der Waals surface area contributed by atoms with Gasteiger partial charge in [-0.25, -0.2) is 4.98 Å². The van der Waals surface area contributed by atoms with Crippen LogP contribution in [0.3, 0.4) is 0 Å². The monoisotopic (exact) mass is 453 g/mol. The van der Waals surface area contributed by atoms with Gasteiger partial charge in [-0.2, -0.15) is 0 Å². The molecule has 0 unspecified atom stereocenters. The van der Waals surface area contributed by atoms with E-state index in [1.54, 1.807) is 18.4 Å². The third-order valence-electron chi connectivity index (χ3n) is 5.86. The van der Waals surface area contributed by atoms with Gasteiger partial charge in [0.2, 0.25) is 5.91 Å². The number of thiazole rings is 1. The van der Waals surface area contributed by atoms with Crippen molar-refractivity contribution in [3.8, 4) is 5.75 Å². The molecule has 1 aliphatic heterocycles. The quantitative estimate of drug-likeness (QED) is 0.487. The molecule has 0 N–H and O–H groups in total. The van der Waals surface area contributed by atoms with Crippen LogP contribution >= 0.6 is 11.3 Å². The molecule has 170 valence electrons. The minimum absolute atomic E-state index is 0.0758. The fourth-order valence-corrected chi connectivity index (χ4v) is 4.98. The Bertz CT molecular complexity index is 1030. The van der Waals surface area contributed by atoms with Crippen LogP contribution < -0.4 is 9.64 Å². The second kappa shape index (κ2) is 10.9. The highest BCUT2D eigenvalue weighted by atomic mass is 32.1. The maximum absolute atomic E-state index is 13.4. The maximum Gasteiger partial charge on any atom is 0.233 e. The van der Waals surface area contributed by atoms with Gasteiger partial charge in [0.25, 0.3) is 0 Å². The van der Waals surface area contributed by atoms with Crippen molar-refractivity contribution in [2.24, 2.45) is 0 Å². The van der Waals surface area contributed by atoms with E-state index in [-0.39, 0.29) is 5.91 Å². The molecule has 4 rings (SSSR count). The fourth-order valence-electron chi connectivity index (χ4n) is 3.91. The molecular weight excluding hydrogens is 422 g/mol. The van der Waals surface area contributed by atoms with Gasteiger partial charge in [0.05, 0.1) is 37.0 Å². The largest absolute Gasteiger partial charge is 0.497 e. The van der Waals surface area contributed by atoms with E-state index >= 15 is 0 Å². The summed E-state index contributed by atoms with van der Waals surface area (Å²) in [4.78, 5) is 22.5. The van der Waals surface area contributed by atoms with Gasteiger partial charge in [0, 0.05) is 26.2 Å². The highest BCUT2D eigenvalue weighted by Gasteiger charge is 2.21. The minimum atomic E-state index is 0.0758. The van der Waals surface area contributed by atoms with Crippen molar-refractivity contribution in [3.05, 3.63) is 53.6 Å². The average Bonchev–Trinajstić information content (AvgIpc) is 3.25. The Morgan fingerprint density at radius 2 is 1.91 bits per heavy atom. The number of methoxy groups -OCH3 is 1. The number of aromatic nitrogens is 1. The third kappa shape index (κ3) is 5.65. The van der Waals surface area contributed by atoms with Gasteiger partial charge >= 0.3 is 0 Å². The summed E-state index contributed by atoms with van der Waals surface area (Å²) in [6.45, 7) is 7.27. The van der Waals surface area contributed by atoms with E-state index in [0.717, 1.165) is 72.4 Å². The zero-order valence-electron chi connectivity index (χ0n) is 18.9. The average molecular weight is 454 g/mol. The topological polar surface area (TPSA) is 54.9 Å². The molecule has 0 atom stereocenters. The Morgan fingerprint density at radius 1 is 1.16 bits per heavy atom. The highest BCUT2D eigenvalue weighted by molar-refractivity contribution is 7.22. The van der Waals surface area contributed by atoms with Gasteiger partial charge in [-0.15, -0.1) is 0 Å². The zero-order chi connectivity index (χ0) is 22.3. The number of carbonyl (C=O) groups is 1. The Kier molecular flexibility index (Phi) is 7.73. The number of hydrogen-bond donors (Lipinski definition) is 0. The molecule has 0 radical (unpaired) electrons. The van der Waals surface area contributed by atoms with Crippen LogP contribution in [0.15, 0.2) is 42.5 Å². The van der Waals surface area contributed by atoms with Crippen molar-refractivity contribution in [3.63, 3.8) is 0 Å². The number of amides is 1. The fraction of sp³-hybridized carbons (Fsp3) is 0.440. The van der Waals surface area contributed by atoms with Crippen molar-refractivity contribution in [1.29, 1.82) is 0 Å². The molecule has 1 amide bonds. The van der Waals surface area contributed by atoms with Gasteiger partial charge < -0.3 is 9.47 Å². The first-order valence-corrected chi connectivity index (χ1v) is 12.1. The van der Waals surface area contributed by atoms with Crippen LogP contribution in [0.4, 0.5) is 5.13 Å². The molecule has 1 saturated heterocycles. The van der Waals surface area contributed by atoms with Crippen LogP contribution in [0.25, 0.3) is 10.2 Å². The SMILES string of the molecule is CCc1ccc2nc(N(CCCN3CCOCC3)C(=O)Cc3ccc(OC)cc3)sc2c1. The smallest absolute Gasteiger partial charge is 0.233 e. The summed E-state index contributed by atoms with van der Waals surface area (Å²) < 4.78 is 11.8. The van der Waals surface area contributed by atoms with Gasteiger partial charge in [-0.05, 0) is 48.2 Å². The van der Waals surface area contributed by atoms with E-state index < -0.39 is 0 Å². The molecule has 0 saturated carbocycles. The summed E-state index contributed by atoms with van der Waals surface area (Å²) in [5.74, 6) is 0.869. The Morgan fingerprint density at radius 3 is 2.62 bits per heavy atom. The third-order valence-corrected chi connectivity index (χ3v) is 6.90. The van der Waals surface area contributed by atoms with Crippen LogP contribution in [0, 0.1) is 0 Å². The van der Waals surface area contributed by atoms with Gasteiger partial charge in [-0.1, -0.05) is 36.5 Å². The number of ether oxygens (including phenoxy) is 2. The molecule has 2 aromatic carbocycles. The Labute approximate surface area is 193 Å². The zero-order valence-corrected chi connectivity index (χ0v) is 19.7. The number of hydrogen-bond acceptors (Lipinski definition) is 6. The van der Waals surface area contributed by atoms with Gasteiger partial charge in [0.15, 0.2) is 5.13 Å².